The van der Waals surface area contributed by atoms with Crippen LogP contribution in [-0.2, 0) is 0 Å². The minimum atomic E-state index is -0.487. The van der Waals surface area contributed by atoms with Crippen LogP contribution in [0.5, 0.6) is 0 Å². The Morgan fingerprint density at radius 1 is 1.09 bits per heavy atom. The highest BCUT2D eigenvalue weighted by molar-refractivity contribution is 14.0. The van der Waals surface area contributed by atoms with E-state index in [9.17, 15) is 5.11 Å². The van der Waals surface area contributed by atoms with E-state index in [0.29, 0.717) is 12.6 Å². The standard InChI is InChI=1S/C17H31N3O.HI/c1-18-16(19-12-17(21)9-4-10-17)20-15-8-7-13-5-2-3-6-14(13)11-15;/h13-15,21H,2-12H2,1H3,(H2,18,19,20);1H. The molecule has 22 heavy (non-hydrogen) atoms. The van der Waals surface area contributed by atoms with Crippen molar-refractivity contribution in [2.45, 2.75) is 75.9 Å². The van der Waals surface area contributed by atoms with E-state index in [4.69, 9.17) is 0 Å². The van der Waals surface area contributed by atoms with Gasteiger partial charge in [0.25, 0.3) is 0 Å². The number of hydrogen-bond acceptors (Lipinski definition) is 2. The summed E-state index contributed by atoms with van der Waals surface area (Å²) in [6, 6.07) is 0.562. The molecule has 3 saturated carbocycles. The van der Waals surface area contributed by atoms with E-state index >= 15 is 0 Å². The van der Waals surface area contributed by atoms with Gasteiger partial charge in [0, 0.05) is 19.6 Å². The fraction of sp³-hybridized carbons (Fsp3) is 0.941. The van der Waals surface area contributed by atoms with E-state index in [0.717, 1.165) is 37.1 Å². The first-order valence-electron chi connectivity index (χ1n) is 8.88. The summed E-state index contributed by atoms with van der Waals surface area (Å²) in [6.07, 6.45) is 12.7. The molecule has 0 aromatic rings. The first kappa shape index (κ1) is 18.3. The monoisotopic (exact) mass is 421 g/mol. The average Bonchev–Trinajstić information content (AvgIpc) is 2.49. The summed E-state index contributed by atoms with van der Waals surface area (Å²) in [7, 11) is 1.83. The van der Waals surface area contributed by atoms with Crippen LogP contribution in [0, 0.1) is 11.8 Å². The van der Waals surface area contributed by atoms with Gasteiger partial charge in [0.05, 0.1) is 5.60 Å². The van der Waals surface area contributed by atoms with Gasteiger partial charge in [0.1, 0.15) is 0 Å². The number of aliphatic imine (C=N–C) groups is 1. The fourth-order valence-corrected chi connectivity index (χ4v) is 4.40. The summed E-state index contributed by atoms with van der Waals surface area (Å²) in [6.45, 7) is 0.630. The minimum absolute atomic E-state index is 0. The Labute approximate surface area is 151 Å². The summed E-state index contributed by atoms with van der Waals surface area (Å²) in [5.74, 6) is 2.79. The van der Waals surface area contributed by atoms with Gasteiger partial charge in [-0.25, -0.2) is 0 Å². The second-order valence-corrected chi connectivity index (χ2v) is 7.46. The lowest BCUT2D eigenvalue weighted by molar-refractivity contribution is -0.0279. The SMILES string of the molecule is CN=C(NCC1(O)CCC1)NC1CCC2CCCCC2C1.I. The van der Waals surface area contributed by atoms with Crippen LogP contribution in [0.25, 0.3) is 0 Å². The molecule has 0 aromatic carbocycles. The summed E-state index contributed by atoms with van der Waals surface area (Å²) in [4.78, 5) is 4.33. The van der Waals surface area contributed by atoms with Gasteiger partial charge in [0.15, 0.2) is 5.96 Å². The van der Waals surface area contributed by atoms with Gasteiger partial charge in [-0.1, -0.05) is 25.7 Å². The van der Waals surface area contributed by atoms with Gasteiger partial charge >= 0.3 is 0 Å². The molecule has 0 aromatic heterocycles. The molecule has 3 fully saturated rings. The smallest absolute Gasteiger partial charge is 0.191 e. The van der Waals surface area contributed by atoms with Crippen molar-refractivity contribution in [2.75, 3.05) is 13.6 Å². The first-order chi connectivity index (χ1) is 10.2. The third-order valence-electron chi connectivity index (χ3n) is 5.97. The minimum Gasteiger partial charge on any atom is -0.388 e. The highest BCUT2D eigenvalue weighted by Crippen LogP contribution is 2.40. The van der Waals surface area contributed by atoms with E-state index in [1.54, 1.807) is 0 Å². The molecule has 3 aliphatic rings. The number of nitrogens with zero attached hydrogens (tertiary/aromatic N) is 1. The number of hydrogen-bond donors (Lipinski definition) is 3. The maximum atomic E-state index is 10.2. The highest BCUT2D eigenvalue weighted by atomic mass is 127. The van der Waals surface area contributed by atoms with Crippen LogP contribution in [0.3, 0.4) is 0 Å². The van der Waals surface area contributed by atoms with E-state index in [-0.39, 0.29) is 24.0 Å². The molecule has 3 N–H and O–H groups in total. The highest BCUT2D eigenvalue weighted by Gasteiger charge is 2.35. The number of nitrogens with one attached hydrogen (secondary N) is 2. The summed E-state index contributed by atoms with van der Waals surface area (Å²) < 4.78 is 0. The number of fused-ring (bicyclic) bond motifs is 1. The zero-order valence-corrected chi connectivity index (χ0v) is 16.1. The Balaban J connectivity index is 0.00000176. The van der Waals surface area contributed by atoms with Crippen LogP contribution in [0.15, 0.2) is 4.99 Å². The van der Waals surface area contributed by atoms with Gasteiger partial charge in [-0.05, 0) is 50.4 Å². The van der Waals surface area contributed by atoms with Gasteiger partial charge in [0.2, 0.25) is 0 Å². The molecule has 0 spiro atoms. The molecule has 128 valence electrons. The number of rotatable bonds is 3. The van der Waals surface area contributed by atoms with Gasteiger partial charge < -0.3 is 15.7 Å². The molecule has 3 rings (SSSR count). The predicted molar refractivity (Wildman–Crippen MR) is 102 cm³/mol. The van der Waals surface area contributed by atoms with E-state index in [1.165, 1.54) is 44.9 Å². The van der Waals surface area contributed by atoms with Crippen molar-refractivity contribution in [3.8, 4) is 0 Å². The maximum absolute atomic E-state index is 10.2. The normalized spacial score (nSPS) is 33.9. The van der Waals surface area contributed by atoms with E-state index in [1.807, 2.05) is 7.05 Å². The van der Waals surface area contributed by atoms with Gasteiger partial charge in [-0.2, -0.15) is 0 Å². The number of aliphatic hydroxyl groups is 1. The molecule has 5 heteroatoms. The quantitative estimate of drug-likeness (QED) is 0.373. The van der Waals surface area contributed by atoms with E-state index < -0.39 is 5.60 Å². The third kappa shape index (κ3) is 4.49. The molecule has 4 nitrogen and oxygen atoms in total. The van der Waals surface area contributed by atoms with Crippen molar-refractivity contribution in [3.05, 3.63) is 0 Å². The molecule has 3 aliphatic carbocycles. The lowest BCUT2D eigenvalue weighted by Crippen LogP contribution is -2.53. The second-order valence-electron chi connectivity index (χ2n) is 7.46. The average molecular weight is 421 g/mol. The zero-order valence-electron chi connectivity index (χ0n) is 13.8. The molecule has 3 unspecified atom stereocenters. The number of halogens is 1. The Bertz CT molecular complexity index is 384. The van der Waals surface area contributed by atoms with Crippen molar-refractivity contribution in [1.82, 2.24) is 10.6 Å². The lowest BCUT2D eigenvalue weighted by atomic mass is 9.69. The van der Waals surface area contributed by atoms with Gasteiger partial charge in [-0.15, -0.1) is 24.0 Å². The molecule has 0 aliphatic heterocycles. The van der Waals surface area contributed by atoms with Crippen LogP contribution in [0.1, 0.15) is 64.2 Å². The Morgan fingerprint density at radius 2 is 1.82 bits per heavy atom. The van der Waals surface area contributed by atoms with E-state index in [2.05, 4.69) is 15.6 Å². The molecular weight excluding hydrogens is 389 g/mol. The van der Waals surface area contributed by atoms with Crippen molar-refractivity contribution >= 4 is 29.9 Å². The maximum Gasteiger partial charge on any atom is 0.191 e. The Hall–Kier alpha value is -0.0400. The molecule has 0 bridgehead atoms. The Morgan fingerprint density at radius 3 is 2.45 bits per heavy atom. The van der Waals surface area contributed by atoms with Crippen LogP contribution in [-0.4, -0.2) is 36.3 Å². The van der Waals surface area contributed by atoms with Crippen molar-refractivity contribution in [3.63, 3.8) is 0 Å². The molecular formula is C17H32IN3O. The molecule has 0 saturated heterocycles. The number of guanidine groups is 1. The zero-order chi connectivity index (χ0) is 14.7. The fourth-order valence-electron chi connectivity index (χ4n) is 4.40. The van der Waals surface area contributed by atoms with Crippen molar-refractivity contribution in [2.24, 2.45) is 16.8 Å². The van der Waals surface area contributed by atoms with Crippen LogP contribution in [0.2, 0.25) is 0 Å². The lowest BCUT2D eigenvalue weighted by Gasteiger charge is -2.40. The van der Waals surface area contributed by atoms with Crippen LogP contribution in [0.4, 0.5) is 0 Å². The summed E-state index contributed by atoms with van der Waals surface area (Å²) >= 11 is 0. The molecule has 3 atom stereocenters. The Kier molecular flexibility index (Phi) is 6.80. The van der Waals surface area contributed by atoms with Crippen molar-refractivity contribution < 1.29 is 5.11 Å². The molecule has 0 radical (unpaired) electrons. The summed E-state index contributed by atoms with van der Waals surface area (Å²) in [5, 5.41) is 17.1. The topological polar surface area (TPSA) is 56.7 Å². The predicted octanol–water partition coefficient (Wildman–Crippen LogP) is 3.04. The third-order valence-corrected chi connectivity index (χ3v) is 5.97. The van der Waals surface area contributed by atoms with Crippen LogP contribution >= 0.6 is 24.0 Å². The first-order valence-corrected chi connectivity index (χ1v) is 8.88. The van der Waals surface area contributed by atoms with Crippen molar-refractivity contribution in [1.29, 1.82) is 0 Å². The largest absolute Gasteiger partial charge is 0.388 e. The van der Waals surface area contributed by atoms with Gasteiger partial charge in [-0.3, -0.25) is 4.99 Å². The molecule has 0 amide bonds. The van der Waals surface area contributed by atoms with Crippen LogP contribution < -0.4 is 10.6 Å². The summed E-state index contributed by atoms with van der Waals surface area (Å²) in [5.41, 5.74) is -0.487. The molecule has 0 heterocycles. The second kappa shape index (κ2) is 8.18.